The van der Waals surface area contributed by atoms with Gasteiger partial charge in [0.2, 0.25) is 5.91 Å². The van der Waals surface area contributed by atoms with Gasteiger partial charge in [-0.25, -0.2) is 0 Å². The van der Waals surface area contributed by atoms with Crippen LogP contribution >= 0.6 is 28.1 Å². The Morgan fingerprint density at radius 2 is 1.89 bits per heavy atom. The van der Waals surface area contributed by atoms with Gasteiger partial charge in [0.25, 0.3) is 0 Å². The van der Waals surface area contributed by atoms with E-state index in [-0.39, 0.29) is 11.9 Å². The molecule has 2 heterocycles. The number of rotatable bonds is 4. The van der Waals surface area contributed by atoms with Crippen LogP contribution in [0.3, 0.4) is 0 Å². The van der Waals surface area contributed by atoms with Crippen LogP contribution in [0.5, 0.6) is 5.75 Å². The lowest BCUT2D eigenvalue weighted by atomic mass is 9.78. The zero-order valence-corrected chi connectivity index (χ0v) is 22.6. The van der Waals surface area contributed by atoms with Gasteiger partial charge in [-0.2, -0.15) is 0 Å². The minimum absolute atomic E-state index is 0.125. The molecular weight excluding hydrogens is 522 g/mol. The van der Waals surface area contributed by atoms with E-state index in [2.05, 4.69) is 51.7 Å². The summed E-state index contributed by atoms with van der Waals surface area (Å²) in [6, 6.07) is 19.8. The number of fused-ring (bicyclic) bond motifs is 4. The molecule has 0 aromatic heterocycles. The Kier molecular flexibility index (Phi) is 6.09. The number of halogens is 1. The molecule has 2 bridgehead atoms. The summed E-state index contributed by atoms with van der Waals surface area (Å²) < 4.78 is 7.60. The fourth-order valence-electron chi connectivity index (χ4n) is 5.19. The lowest BCUT2D eigenvalue weighted by molar-refractivity contribution is -0.130. The van der Waals surface area contributed by atoms with E-state index in [1.807, 2.05) is 68.1 Å². The average Bonchev–Trinajstić information content (AvgIpc) is 2.81. The van der Waals surface area contributed by atoms with Crippen LogP contribution in [0, 0.1) is 19.8 Å². The average molecular weight is 551 g/mol. The maximum absolute atomic E-state index is 14.0. The van der Waals surface area contributed by atoms with Crippen LogP contribution in [-0.4, -0.2) is 16.7 Å². The Labute approximate surface area is 220 Å². The smallest absolute Gasteiger partial charge is 0.236 e. The largest absolute Gasteiger partial charge is 0.467 e. The molecule has 1 fully saturated rings. The van der Waals surface area contributed by atoms with Crippen molar-refractivity contribution in [2.75, 3.05) is 10.2 Å². The second-order valence-electron chi connectivity index (χ2n) is 9.41. The lowest BCUT2D eigenvalue weighted by Crippen LogP contribution is -2.72. The third-order valence-electron chi connectivity index (χ3n) is 6.98. The van der Waals surface area contributed by atoms with Crippen molar-refractivity contribution in [2.45, 2.75) is 45.9 Å². The van der Waals surface area contributed by atoms with Crippen LogP contribution in [0.25, 0.3) is 0 Å². The van der Waals surface area contributed by atoms with Crippen molar-refractivity contribution in [1.29, 1.82) is 0 Å². The predicted molar refractivity (Wildman–Crippen MR) is 148 cm³/mol. The number of amides is 1. The molecule has 2 aliphatic rings. The number of thiocarbonyl (C=S) groups is 1. The van der Waals surface area contributed by atoms with Gasteiger partial charge < -0.3 is 15.4 Å². The summed E-state index contributed by atoms with van der Waals surface area (Å²) >= 11 is 9.42. The van der Waals surface area contributed by atoms with E-state index in [4.69, 9.17) is 17.0 Å². The van der Waals surface area contributed by atoms with E-state index >= 15 is 0 Å². The van der Waals surface area contributed by atoms with Crippen LogP contribution in [0.1, 0.15) is 42.1 Å². The van der Waals surface area contributed by atoms with Gasteiger partial charge in [0.05, 0.1) is 6.04 Å². The fraction of sp³-hybridized carbons (Fsp3) is 0.286. The van der Waals surface area contributed by atoms with Gasteiger partial charge in [-0.3, -0.25) is 9.69 Å². The molecular formula is C28H28BrN3O2S. The molecule has 0 aliphatic carbocycles. The Balaban J connectivity index is 1.61. The number of hydrogen-bond acceptors (Lipinski definition) is 3. The van der Waals surface area contributed by atoms with Crippen LogP contribution < -0.4 is 20.3 Å². The Bertz CT molecular complexity index is 1330. The van der Waals surface area contributed by atoms with Gasteiger partial charge in [0.15, 0.2) is 10.8 Å². The summed E-state index contributed by atoms with van der Waals surface area (Å²) in [5.74, 6) is 0.0317. The van der Waals surface area contributed by atoms with Crippen molar-refractivity contribution in [3.63, 3.8) is 0 Å². The monoisotopic (exact) mass is 549 g/mol. The lowest BCUT2D eigenvalue weighted by Gasteiger charge is -2.56. The molecule has 1 amide bonds. The number of nitrogens with zero attached hydrogens (tertiary/aromatic N) is 1. The molecule has 5 rings (SSSR count). The highest BCUT2D eigenvalue weighted by atomic mass is 79.9. The maximum Gasteiger partial charge on any atom is 0.236 e. The van der Waals surface area contributed by atoms with Crippen LogP contribution in [0.15, 0.2) is 65.1 Å². The summed E-state index contributed by atoms with van der Waals surface area (Å²) in [4.78, 5) is 15.9. The van der Waals surface area contributed by atoms with E-state index in [9.17, 15) is 4.79 Å². The number of hydrogen-bond donors (Lipinski definition) is 2. The quantitative estimate of drug-likeness (QED) is 0.367. The van der Waals surface area contributed by atoms with E-state index in [0.29, 0.717) is 5.11 Å². The zero-order valence-electron chi connectivity index (χ0n) is 20.2. The summed E-state index contributed by atoms with van der Waals surface area (Å²) in [6.07, 6.45) is 0.946. The van der Waals surface area contributed by atoms with Gasteiger partial charge in [-0.1, -0.05) is 52.7 Å². The highest BCUT2D eigenvalue weighted by Crippen LogP contribution is 2.50. The van der Waals surface area contributed by atoms with Gasteiger partial charge in [-0.05, 0) is 86.9 Å². The van der Waals surface area contributed by atoms with Crippen LogP contribution in [-0.2, 0) is 11.2 Å². The van der Waals surface area contributed by atoms with Crippen molar-refractivity contribution in [3.05, 3.63) is 87.4 Å². The predicted octanol–water partition coefficient (Wildman–Crippen LogP) is 6.43. The molecule has 0 radical (unpaired) electrons. The Morgan fingerprint density at radius 1 is 1.14 bits per heavy atom. The normalized spacial score (nSPS) is 22.7. The first-order valence-electron chi connectivity index (χ1n) is 11.8. The highest BCUT2D eigenvalue weighted by molar-refractivity contribution is 9.10. The van der Waals surface area contributed by atoms with Crippen LogP contribution in [0.4, 0.5) is 11.4 Å². The van der Waals surface area contributed by atoms with E-state index in [1.165, 1.54) is 5.56 Å². The number of benzene rings is 3. The summed E-state index contributed by atoms with van der Waals surface area (Å²) in [7, 11) is 0. The summed E-state index contributed by atoms with van der Waals surface area (Å²) in [6.45, 7) is 8.13. The first kappa shape index (κ1) is 23.8. The molecule has 2 N–H and O–H groups in total. The minimum Gasteiger partial charge on any atom is -0.467 e. The van der Waals surface area contributed by atoms with Gasteiger partial charge >= 0.3 is 0 Å². The molecule has 3 aromatic rings. The standard InChI is InChI=1S/C28H28BrN3O2S/c1-5-18-7-10-20(11-8-18)32-27(35)31-25-21-15-19(29)9-13-23(21)34-28(32,4)24(25)26(33)30-22-12-6-16(2)14-17(22)3/h6-15,24-25H,5H2,1-4H3,(H,30,33)(H,31,35). The molecule has 35 heavy (non-hydrogen) atoms. The van der Waals surface area contributed by atoms with Crippen molar-refractivity contribution in [2.24, 2.45) is 5.92 Å². The molecule has 1 saturated heterocycles. The zero-order chi connectivity index (χ0) is 24.9. The van der Waals surface area contributed by atoms with Gasteiger partial charge in [0, 0.05) is 21.4 Å². The molecule has 180 valence electrons. The first-order valence-corrected chi connectivity index (χ1v) is 13.0. The highest BCUT2D eigenvalue weighted by Gasteiger charge is 2.59. The molecule has 3 aromatic carbocycles. The van der Waals surface area contributed by atoms with E-state index in [1.54, 1.807) is 0 Å². The number of ether oxygens (including phenoxy) is 1. The van der Waals surface area contributed by atoms with Gasteiger partial charge in [0.1, 0.15) is 11.7 Å². The third-order valence-corrected chi connectivity index (χ3v) is 7.78. The Hall–Kier alpha value is -2.90. The first-order chi connectivity index (χ1) is 16.7. The molecule has 0 saturated carbocycles. The summed E-state index contributed by atoms with van der Waals surface area (Å²) in [5, 5.41) is 7.17. The SMILES string of the molecule is CCc1ccc(N2C(=S)NC3c4cc(Br)ccc4OC2(C)C3C(=O)Nc2ccc(C)cc2C)cc1. The van der Waals surface area contributed by atoms with Gasteiger partial charge in [-0.15, -0.1) is 0 Å². The van der Waals surface area contributed by atoms with Crippen molar-refractivity contribution < 1.29 is 9.53 Å². The van der Waals surface area contributed by atoms with E-state index < -0.39 is 11.6 Å². The topological polar surface area (TPSA) is 53.6 Å². The number of aryl methyl sites for hydroxylation is 3. The molecule has 5 nitrogen and oxygen atoms in total. The number of carbonyl (C=O) groups is 1. The second-order valence-corrected chi connectivity index (χ2v) is 10.7. The minimum atomic E-state index is -1.04. The Morgan fingerprint density at radius 3 is 2.57 bits per heavy atom. The third kappa shape index (κ3) is 4.10. The molecule has 2 aliphatic heterocycles. The molecule has 7 heteroatoms. The van der Waals surface area contributed by atoms with Crippen molar-refractivity contribution >= 4 is 50.5 Å². The van der Waals surface area contributed by atoms with Crippen molar-refractivity contribution in [1.82, 2.24) is 5.32 Å². The maximum atomic E-state index is 14.0. The van der Waals surface area contributed by atoms with Crippen molar-refractivity contribution in [3.8, 4) is 5.75 Å². The molecule has 3 atom stereocenters. The summed E-state index contributed by atoms with van der Waals surface area (Å²) in [5.41, 5.74) is 4.94. The molecule has 3 unspecified atom stereocenters. The fourth-order valence-corrected chi connectivity index (χ4v) is 5.98. The van der Waals surface area contributed by atoms with E-state index in [0.717, 1.165) is 44.7 Å². The number of anilines is 2. The second kappa shape index (κ2) is 8.95. The number of carbonyl (C=O) groups excluding carboxylic acids is 1. The van der Waals surface area contributed by atoms with Crippen LogP contribution in [0.2, 0.25) is 0 Å². The molecule has 0 spiro atoms. The number of nitrogens with one attached hydrogen (secondary N) is 2.